The fraction of sp³-hybridized carbons (Fsp3) is 0.684. The molecular formula is C19H30N2O3S. The number of ether oxygens (including phenoxy) is 1. The first-order valence-corrected chi connectivity index (χ1v) is 11.1. The molecule has 5 nitrogen and oxygen atoms in total. The second-order valence-corrected chi connectivity index (χ2v) is 8.97. The Hall–Kier alpha value is -0.950. The van der Waals surface area contributed by atoms with Crippen LogP contribution in [0.15, 0.2) is 29.2 Å². The highest BCUT2D eigenvalue weighted by molar-refractivity contribution is 7.89. The summed E-state index contributed by atoms with van der Waals surface area (Å²) in [5.41, 5.74) is 1.13. The second-order valence-electron chi connectivity index (χ2n) is 7.20. The normalized spacial score (nSPS) is 22.8. The molecule has 1 saturated carbocycles. The number of sulfonamides is 1. The van der Waals surface area contributed by atoms with Crippen LogP contribution in [0.1, 0.15) is 56.9 Å². The van der Waals surface area contributed by atoms with Crippen molar-refractivity contribution >= 4 is 10.0 Å². The number of rotatable bonds is 7. The highest BCUT2D eigenvalue weighted by Gasteiger charge is 2.20. The van der Waals surface area contributed by atoms with E-state index < -0.39 is 10.0 Å². The molecule has 1 aliphatic carbocycles. The predicted octanol–water partition coefficient (Wildman–Crippen LogP) is 2.96. The van der Waals surface area contributed by atoms with Gasteiger partial charge in [-0.25, -0.2) is 13.1 Å². The molecule has 0 bridgehead atoms. The molecule has 2 N–H and O–H groups in total. The van der Waals surface area contributed by atoms with E-state index >= 15 is 0 Å². The summed E-state index contributed by atoms with van der Waals surface area (Å²) >= 11 is 0. The number of hydrogen-bond acceptors (Lipinski definition) is 4. The predicted molar refractivity (Wildman–Crippen MR) is 98.9 cm³/mol. The molecule has 0 aromatic heterocycles. The Morgan fingerprint density at radius 2 is 1.68 bits per heavy atom. The summed E-state index contributed by atoms with van der Waals surface area (Å²) in [6, 6.07) is 7.80. The lowest BCUT2D eigenvalue weighted by Gasteiger charge is -2.16. The van der Waals surface area contributed by atoms with Crippen LogP contribution in [-0.2, 0) is 21.3 Å². The molecule has 1 unspecified atom stereocenters. The van der Waals surface area contributed by atoms with Crippen LogP contribution >= 0.6 is 0 Å². The fourth-order valence-electron chi connectivity index (χ4n) is 3.62. The third kappa shape index (κ3) is 5.78. The third-order valence-electron chi connectivity index (χ3n) is 5.21. The summed E-state index contributed by atoms with van der Waals surface area (Å²) in [5.74, 6) is 0. The number of nitrogens with one attached hydrogen (secondary N) is 2. The monoisotopic (exact) mass is 366 g/mol. The van der Waals surface area contributed by atoms with Crippen molar-refractivity contribution in [3.63, 3.8) is 0 Å². The molecular weight excluding hydrogens is 336 g/mol. The van der Waals surface area contributed by atoms with Crippen LogP contribution in [0, 0.1) is 0 Å². The van der Waals surface area contributed by atoms with E-state index in [4.69, 9.17) is 4.74 Å². The van der Waals surface area contributed by atoms with Crippen LogP contribution in [0.3, 0.4) is 0 Å². The maximum Gasteiger partial charge on any atom is 0.240 e. The maximum absolute atomic E-state index is 12.4. The summed E-state index contributed by atoms with van der Waals surface area (Å²) in [4.78, 5) is 0.323. The van der Waals surface area contributed by atoms with Gasteiger partial charge in [0.2, 0.25) is 10.0 Å². The van der Waals surface area contributed by atoms with Gasteiger partial charge >= 0.3 is 0 Å². The minimum Gasteiger partial charge on any atom is -0.377 e. The van der Waals surface area contributed by atoms with E-state index in [-0.39, 0.29) is 6.10 Å². The molecule has 1 aromatic rings. The fourth-order valence-corrected chi connectivity index (χ4v) is 4.69. The second kappa shape index (κ2) is 9.12. The van der Waals surface area contributed by atoms with E-state index in [2.05, 4.69) is 10.0 Å². The SMILES string of the molecule is O=S(=O)(NCC1CCCO1)c1ccc(CNC2CCCCCC2)cc1. The molecule has 2 aliphatic rings. The zero-order valence-corrected chi connectivity index (χ0v) is 15.7. The molecule has 0 amide bonds. The lowest BCUT2D eigenvalue weighted by Crippen LogP contribution is -2.31. The van der Waals surface area contributed by atoms with E-state index in [9.17, 15) is 8.42 Å². The largest absolute Gasteiger partial charge is 0.377 e. The Kier molecular flexibility index (Phi) is 6.87. The zero-order valence-electron chi connectivity index (χ0n) is 14.9. The summed E-state index contributed by atoms with van der Waals surface area (Å²) < 4.78 is 32.8. The molecule has 0 radical (unpaired) electrons. The van der Waals surface area contributed by atoms with Crippen LogP contribution < -0.4 is 10.0 Å². The Bertz CT molecular complexity index is 617. The van der Waals surface area contributed by atoms with Crippen LogP contribution in [0.25, 0.3) is 0 Å². The van der Waals surface area contributed by atoms with Crippen LogP contribution in [0.4, 0.5) is 0 Å². The molecule has 6 heteroatoms. The summed E-state index contributed by atoms with van der Waals surface area (Å²) in [5, 5.41) is 3.62. The first kappa shape index (κ1) is 18.8. The van der Waals surface area contributed by atoms with Gasteiger partial charge in [-0.15, -0.1) is 0 Å². The van der Waals surface area contributed by atoms with Gasteiger partial charge in [0.15, 0.2) is 0 Å². The van der Waals surface area contributed by atoms with Crippen molar-refractivity contribution in [2.24, 2.45) is 0 Å². The van der Waals surface area contributed by atoms with Gasteiger partial charge < -0.3 is 10.1 Å². The van der Waals surface area contributed by atoms with Crippen molar-refractivity contribution in [3.05, 3.63) is 29.8 Å². The number of hydrogen-bond donors (Lipinski definition) is 2. The van der Waals surface area contributed by atoms with Crippen molar-refractivity contribution < 1.29 is 13.2 Å². The lowest BCUT2D eigenvalue weighted by atomic mass is 10.1. The Balaban J connectivity index is 1.50. The lowest BCUT2D eigenvalue weighted by molar-refractivity contribution is 0.114. The van der Waals surface area contributed by atoms with Crippen LogP contribution in [-0.4, -0.2) is 33.7 Å². The summed E-state index contributed by atoms with van der Waals surface area (Å²) in [6.45, 7) is 1.89. The maximum atomic E-state index is 12.4. The molecule has 1 aliphatic heterocycles. The molecule has 1 aromatic carbocycles. The van der Waals surface area contributed by atoms with Crippen molar-refractivity contribution in [2.45, 2.75) is 75.0 Å². The van der Waals surface area contributed by atoms with Crippen molar-refractivity contribution in [2.75, 3.05) is 13.2 Å². The quantitative estimate of drug-likeness (QED) is 0.728. The standard InChI is InChI=1S/C19H30N2O3S/c22-25(23,21-15-18-8-5-13-24-18)19-11-9-16(10-12-19)14-20-17-6-3-1-2-4-7-17/h9-12,17-18,20-21H,1-8,13-15H2. The van der Waals surface area contributed by atoms with Gasteiger partial charge in [-0.3, -0.25) is 0 Å². The molecule has 140 valence electrons. The smallest absolute Gasteiger partial charge is 0.240 e. The van der Waals surface area contributed by atoms with Crippen molar-refractivity contribution in [1.29, 1.82) is 0 Å². The van der Waals surface area contributed by atoms with Gasteiger partial charge in [-0.1, -0.05) is 37.8 Å². The highest BCUT2D eigenvalue weighted by atomic mass is 32.2. The first-order valence-electron chi connectivity index (χ1n) is 9.57. The minimum atomic E-state index is -3.46. The average Bonchev–Trinajstić information content (AvgIpc) is 3.01. The Morgan fingerprint density at radius 1 is 0.960 bits per heavy atom. The minimum absolute atomic E-state index is 0.0119. The molecule has 1 atom stereocenters. The van der Waals surface area contributed by atoms with Gasteiger partial charge in [0, 0.05) is 25.7 Å². The Labute approximate surface area is 151 Å². The zero-order chi connectivity index (χ0) is 17.5. The summed E-state index contributed by atoms with van der Waals surface area (Å²) in [6.07, 6.45) is 9.77. The summed E-state index contributed by atoms with van der Waals surface area (Å²) in [7, 11) is -3.46. The van der Waals surface area contributed by atoms with Crippen LogP contribution in [0.2, 0.25) is 0 Å². The molecule has 2 fully saturated rings. The van der Waals surface area contributed by atoms with Gasteiger partial charge in [0.05, 0.1) is 11.0 Å². The molecule has 0 spiro atoms. The van der Waals surface area contributed by atoms with E-state index in [0.717, 1.165) is 31.6 Å². The molecule has 3 rings (SSSR count). The highest BCUT2D eigenvalue weighted by Crippen LogP contribution is 2.18. The van der Waals surface area contributed by atoms with Crippen molar-refractivity contribution in [1.82, 2.24) is 10.0 Å². The Morgan fingerprint density at radius 3 is 2.32 bits per heavy atom. The van der Waals surface area contributed by atoms with E-state index in [1.165, 1.54) is 38.5 Å². The first-order chi connectivity index (χ1) is 12.1. The van der Waals surface area contributed by atoms with Gasteiger partial charge in [0.1, 0.15) is 0 Å². The van der Waals surface area contributed by atoms with Gasteiger partial charge in [-0.2, -0.15) is 0 Å². The topological polar surface area (TPSA) is 67.4 Å². The van der Waals surface area contributed by atoms with Crippen molar-refractivity contribution in [3.8, 4) is 0 Å². The van der Waals surface area contributed by atoms with Gasteiger partial charge in [-0.05, 0) is 43.4 Å². The van der Waals surface area contributed by atoms with E-state index in [0.29, 0.717) is 17.5 Å². The molecule has 1 heterocycles. The molecule has 25 heavy (non-hydrogen) atoms. The number of benzene rings is 1. The third-order valence-corrected chi connectivity index (χ3v) is 6.65. The van der Waals surface area contributed by atoms with E-state index in [1.54, 1.807) is 12.1 Å². The molecule has 1 saturated heterocycles. The van der Waals surface area contributed by atoms with Gasteiger partial charge in [0.25, 0.3) is 0 Å². The van der Waals surface area contributed by atoms with Crippen LogP contribution in [0.5, 0.6) is 0 Å². The average molecular weight is 367 g/mol. The van der Waals surface area contributed by atoms with E-state index in [1.807, 2.05) is 12.1 Å².